The lowest BCUT2D eigenvalue weighted by molar-refractivity contribution is -0.153. The zero-order valence-electron chi connectivity index (χ0n) is 19.4. The fourth-order valence-electron chi connectivity index (χ4n) is 3.33. The third-order valence-electron chi connectivity index (χ3n) is 4.88. The van der Waals surface area contributed by atoms with Crippen LogP contribution < -0.4 is 4.90 Å². The van der Waals surface area contributed by atoms with E-state index in [2.05, 4.69) is 0 Å². The molecule has 2 aromatic rings. The number of amides is 2. The Labute approximate surface area is 198 Å². The number of anilines is 1. The van der Waals surface area contributed by atoms with Crippen molar-refractivity contribution in [3.05, 3.63) is 66.2 Å². The maximum atomic E-state index is 13.2. The Morgan fingerprint density at radius 1 is 1.03 bits per heavy atom. The summed E-state index contributed by atoms with van der Waals surface area (Å²) in [5.74, 6) is -1.85. The molecule has 1 atom stereocenters. The molecular weight excluding hydrogens is 440 g/mol. The van der Waals surface area contributed by atoms with Crippen molar-refractivity contribution < 1.29 is 33.4 Å². The number of hydrogen-bond donors (Lipinski definition) is 0. The van der Waals surface area contributed by atoms with Crippen molar-refractivity contribution in [2.45, 2.75) is 45.4 Å². The molecule has 0 radical (unpaired) electrons. The topological polar surface area (TPSA) is 102 Å². The minimum Gasteiger partial charge on any atom is -0.459 e. The molecule has 1 aliphatic rings. The first-order valence-corrected chi connectivity index (χ1v) is 10.9. The normalized spacial score (nSPS) is 15.4. The summed E-state index contributed by atoms with van der Waals surface area (Å²) in [6.07, 6.45) is -1.15. The molecule has 0 bridgehead atoms. The molecule has 3 rings (SSSR count). The zero-order chi connectivity index (χ0) is 24.7. The van der Waals surface area contributed by atoms with E-state index in [9.17, 15) is 19.2 Å². The Morgan fingerprint density at radius 2 is 1.65 bits per heavy atom. The molecule has 1 fully saturated rings. The van der Waals surface area contributed by atoms with Crippen LogP contribution in [0.4, 0.5) is 10.5 Å². The third-order valence-corrected chi connectivity index (χ3v) is 4.88. The van der Waals surface area contributed by atoms with Crippen LogP contribution in [0.25, 0.3) is 0 Å². The number of esters is 2. The molecule has 0 N–H and O–H groups in total. The van der Waals surface area contributed by atoms with Gasteiger partial charge in [-0.25, -0.2) is 9.59 Å². The molecule has 1 unspecified atom stereocenters. The van der Waals surface area contributed by atoms with Gasteiger partial charge in [0.2, 0.25) is 5.91 Å². The number of rotatable bonds is 7. The summed E-state index contributed by atoms with van der Waals surface area (Å²) in [4.78, 5) is 52.9. The minimum atomic E-state index is -1.17. The molecule has 34 heavy (non-hydrogen) atoms. The van der Waals surface area contributed by atoms with E-state index in [1.165, 1.54) is 4.90 Å². The Kier molecular flexibility index (Phi) is 7.88. The molecule has 2 amide bonds. The summed E-state index contributed by atoms with van der Waals surface area (Å²) in [5.41, 5.74) is 0.516. The summed E-state index contributed by atoms with van der Waals surface area (Å²) < 4.78 is 15.7. The van der Waals surface area contributed by atoms with Gasteiger partial charge in [-0.05, 0) is 38.5 Å². The fraction of sp³-hybridized carbons (Fsp3) is 0.360. The molecule has 1 aliphatic heterocycles. The highest BCUT2D eigenvalue weighted by Crippen LogP contribution is 2.21. The van der Waals surface area contributed by atoms with Crippen LogP contribution in [0.3, 0.4) is 0 Å². The smallest absolute Gasteiger partial charge is 0.413 e. The quantitative estimate of drug-likeness (QED) is 0.454. The number of para-hydroxylation sites is 1. The van der Waals surface area contributed by atoms with Gasteiger partial charge in [0.1, 0.15) is 24.8 Å². The van der Waals surface area contributed by atoms with Crippen LogP contribution >= 0.6 is 0 Å². The van der Waals surface area contributed by atoms with Crippen molar-refractivity contribution in [1.29, 1.82) is 0 Å². The van der Waals surface area contributed by atoms with E-state index >= 15 is 0 Å². The number of carbonyl (C=O) groups is 4. The average Bonchev–Trinajstić information content (AvgIpc) is 3.16. The van der Waals surface area contributed by atoms with E-state index < -0.39 is 35.6 Å². The van der Waals surface area contributed by atoms with Crippen molar-refractivity contribution in [3.63, 3.8) is 0 Å². The number of ether oxygens (including phenoxy) is 3. The SMILES string of the molecule is CC(C)(C)OC(=O)CN(C(=O)CC1C(=O)OCN1C(=O)OCc1ccccc1)c1ccccc1. The van der Waals surface area contributed by atoms with E-state index in [0.717, 1.165) is 10.5 Å². The molecule has 9 heteroatoms. The third kappa shape index (κ3) is 6.81. The largest absolute Gasteiger partial charge is 0.459 e. The standard InChI is InChI=1S/C25H28N2O7/c1-25(2,3)34-22(29)15-26(19-12-8-5-9-13-19)21(28)14-20-23(30)33-17-27(20)24(31)32-16-18-10-6-4-7-11-18/h4-13,20H,14-17H2,1-3H3. The predicted octanol–water partition coefficient (Wildman–Crippen LogP) is 3.27. The summed E-state index contributed by atoms with van der Waals surface area (Å²) in [6.45, 7) is 4.54. The van der Waals surface area contributed by atoms with E-state index in [4.69, 9.17) is 14.2 Å². The highest BCUT2D eigenvalue weighted by Gasteiger charge is 2.41. The second kappa shape index (κ2) is 10.8. The molecule has 1 saturated heterocycles. The predicted molar refractivity (Wildman–Crippen MR) is 122 cm³/mol. The lowest BCUT2D eigenvalue weighted by Crippen LogP contribution is -2.45. The highest BCUT2D eigenvalue weighted by molar-refractivity contribution is 6.00. The molecule has 2 aromatic carbocycles. The summed E-state index contributed by atoms with van der Waals surface area (Å²) in [5, 5.41) is 0. The molecule has 180 valence electrons. The van der Waals surface area contributed by atoms with Crippen molar-refractivity contribution in [3.8, 4) is 0 Å². The van der Waals surface area contributed by atoms with Crippen LogP contribution in [-0.4, -0.2) is 53.8 Å². The molecule has 9 nitrogen and oxygen atoms in total. The lowest BCUT2D eigenvalue weighted by atomic mass is 10.1. The lowest BCUT2D eigenvalue weighted by Gasteiger charge is -2.27. The first kappa shape index (κ1) is 24.8. The number of cyclic esters (lactones) is 1. The Hall–Kier alpha value is -3.88. The molecule has 0 saturated carbocycles. The Balaban J connectivity index is 1.71. The highest BCUT2D eigenvalue weighted by atomic mass is 16.6. The number of carbonyl (C=O) groups excluding carboxylic acids is 4. The number of hydrogen-bond acceptors (Lipinski definition) is 7. The number of nitrogens with zero attached hydrogens (tertiary/aromatic N) is 2. The van der Waals surface area contributed by atoms with Crippen LogP contribution in [0.5, 0.6) is 0 Å². The van der Waals surface area contributed by atoms with Crippen LogP contribution in [0.1, 0.15) is 32.8 Å². The van der Waals surface area contributed by atoms with Gasteiger partial charge in [-0.15, -0.1) is 0 Å². The summed E-state index contributed by atoms with van der Waals surface area (Å²) in [6, 6.07) is 16.5. The maximum Gasteiger partial charge on any atom is 0.413 e. The summed E-state index contributed by atoms with van der Waals surface area (Å²) in [7, 11) is 0. The van der Waals surface area contributed by atoms with Gasteiger partial charge >= 0.3 is 18.0 Å². The fourth-order valence-corrected chi connectivity index (χ4v) is 3.33. The molecule has 0 spiro atoms. The maximum absolute atomic E-state index is 13.2. The Morgan fingerprint density at radius 3 is 2.26 bits per heavy atom. The van der Waals surface area contributed by atoms with Gasteiger partial charge in [-0.1, -0.05) is 48.5 Å². The minimum absolute atomic E-state index is 0.0137. The van der Waals surface area contributed by atoms with Gasteiger partial charge in [0.25, 0.3) is 0 Å². The molecular formula is C25H28N2O7. The van der Waals surface area contributed by atoms with Crippen molar-refractivity contribution in [1.82, 2.24) is 4.90 Å². The molecule has 1 heterocycles. The van der Waals surface area contributed by atoms with E-state index in [1.807, 2.05) is 18.2 Å². The first-order chi connectivity index (χ1) is 16.1. The monoisotopic (exact) mass is 468 g/mol. The van der Waals surface area contributed by atoms with Gasteiger partial charge in [0.15, 0.2) is 6.73 Å². The molecule has 0 aromatic heterocycles. The van der Waals surface area contributed by atoms with Crippen LogP contribution in [0.2, 0.25) is 0 Å². The van der Waals surface area contributed by atoms with Crippen LogP contribution in [0, 0.1) is 0 Å². The zero-order valence-corrected chi connectivity index (χ0v) is 19.4. The number of benzene rings is 2. The van der Waals surface area contributed by atoms with E-state index in [-0.39, 0.29) is 26.3 Å². The van der Waals surface area contributed by atoms with Gasteiger partial charge < -0.3 is 19.1 Å². The van der Waals surface area contributed by atoms with Crippen molar-refractivity contribution in [2.24, 2.45) is 0 Å². The van der Waals surface area contributed by atoms with E-state index in [0.29, 0.717) is 5.69 Å². The second-order valence-corrected chi connectivity index (χ2v) is 8.72. The first-order valence-electron chi connectivity index (χ1n) is 10.9. The van der Waals surface area contributed by atoms with Crippen molar-refractivity contribution >= 4 is 29.6 Å². The summed E-state index contributed by atoms with van der Waals surface area (Å²) >= 11 is 0. The van der Waals surface area contributed by atoms with Crippen LogP contribution in [-0.2, 0) is 35.2 Å². The second-order valence-electron chi connectivity index (χ2n) is 8.72. The van der Waals surface area contributed by atoms with Gasteiger partial charge in [0.05, 0.1) is 6.42 Å². The van der Waals surface area contributed by atoms with E-state index in [1.54, 1.807) is 63.2 Å². The van der Waals surface area contributed by atoms with Gasteiger partial charge in [0, 0.05) is 5.69 Å². The van der Waals surface area contributed by atoms with Gasteiger partial charge in [-0.2, -0.15) is 0 Å². The Bertz CT molecular complexity index is 1020. The average molecular weight is 469 g/mol. The van der Waals surface area contributed by atoms with Crippen molar-refractivity contribution in [2.75, 3.05) is 18.2 Å². The van der Waals surface area contributed by atoms with Gasteiger partial charge in [-0.3, -0.25) is 14.5 Å². The molecule has 0 aliphatic carbocycles. The van der Waals surface area contributed by atoms with Crippen LogP contribution in [0.15, 0.2) is 60.7 Å².